The van der Waals surface area contributed by atoms with E-state index in [0.717, 1.165) is 36.6 Å². The number of hydrogen-bond donors (Lipinski definition) is 1. The van der Waals surface area contributed by atoms with Gasteiger partial charge in [0.05, 0.1) is 18.8 Å². The van der Waals surface area contributed by atoms with Crippen molar-refractivity contribution in [2.75, 3.05) is 18.1 Å². The maximum absolute atomic E-state index is 5.72. The lowest BCUT2D eigenvalue weighted by Gasteiger charge is -2.39. The van der Waals surface area contributed by atoms with Gasteiger partial charge in [0.25, 0.3) is 0 Å². The SMILES string of the molecule is CCC1COC(C)CN1c1ccc(CN)c(C)n1. The van der Waals surface area contributed by atoms with Crippen LogP contribution in [0.4, 0.5) is 5.82 Å². The molecule has 2 N–H and O–H groups in total. The molecule has 4 heteroatoms. The molecule has 1 aliphatic heterocycles. The number of nitrogens with zero attached hydrogens (tertiary/aromatic N) is 2. The van der Waals surface area contributed by atoms with Crippen molar-refractivity contribution in [1.29, 1.82) is 0 Å². The van der Waals surface area contributed by atoms with Crippen LogP contribution in [0, 0.1) is 6.92 Å². The Labute approximate surface area is 109 Å². The van der Waals surface area contributed by atoms with Crippen molar-refractivity contribution in [1.82, 2.24) is 4.98 Å². The number of aryl methyl sites for hydroxylation is 1. The fraction of sp³-hybridized carbons (Fsp3) is 0.643. The van der Waals surface area contributed by atoms with Crippen molar-refractivity contribution in [3.05, 3.63) is 23.4 Å². The zero-order valence-corrected chi connectivity index (χ0v) is 11.5. The fourth-order valence-electron chi connectivity index (χ4n) is 2.42. The zero-order valence-electron chi connectivity index (χ0n) is 11.5. The Bertz CT molecular complexity index is 408. The molecule has 2 unspecified atom stereocenters. The molecular formula is C14H23N3O. The minimum atomic E-state index is 0.268. The molecule has 100 valence electrons. The second-order valence-electron chi connectivity index (χ2n) is 4.98. The predicted molar refractivity (Wildman–Crippen MR) is 73.7 cm³/mol. The van der Waals surface area contributed by atoms with Crippen molar-refractivity contribution in [2.24, 2.45) is 5.73 Å². The molecule has 18 heavy (non-hydrogen) atoms. The first-order chi connectivity index (χ1) is 8.65. The molecule has 2 heterocycles. The topological polar surface area (TPSA) is 51.4 Å². The van der Waals surface area contributed by atoms with Crippen LogP contribution in [0.15, 0.2) is 12.1 Å². The molecular weight excluding hydrogens is 226 g/mol. The van der Waals surface area contributed by atoms with Gasteiger partial charge in [0, 0.05) is 18.8 Å². The lowest BCUT2D eigenvalue weighted by molar-refractivity contribution is 0.0296. The smallest absolute Gasteiger partial charge is 0.129 e. The van der Waals surface area contributed by atoms with E-state index >= 15 is 0 Å². The Morgan fingerprint density at radius 2 is 2.28 bits per heavy atom. The third kappa shape index (κ3) is 2.65. The maximum Gasteiger partial charge on any atom is 0.129 e. The normalized spacial score (nSPS) is 24.3. The molecule has 2 atom stereocenters. The number of morpholine rings is 1. The molecule has 0 amide bonds. The number of pyridine rings is 1. The standard InChI is InChI=1S/C14H23N3O/c1-4-13-9-18-10(2)8-17(13)14-6-5-12(7-15)11(3)16-14/h5-6,10,13H,4,7-9,15H2,1-3H3. The Morgan fingerprint density at radius 1 is 1.50 bits per heavy atom. The predicted octanol–water partition coefficient (Wildman–Crippen LogP) is 1.85. The summed E-state index contributed by atoms with van der Waals surface area (Å²) in [5.74, 6) is 1.05. The number of aromatic nitrogens is 1. The Kier molecular flexibility index (Phi) is 4.19. The summed E-state index contributed by atoms with van der Waals surface area (Å²) in [5, 5.41) is 0. The fourth-order valence-corrected chi connectivity index (χ4v) is 2.42. The van der Waals surface area contributed by atoms with Gasteiger partial charge in [-0.05, 0) is 31.9 Å². The van der Waals surface area contributed by atoms with Crippen molar-refractivity contribution in [3.8, 4) is 0 Å². The molecule has 0 spiro atoms. The number of nitrogens with two attached hydrogens (primary N) is 1. The molecule has 4 nitrogen and oxygen atoms in total. The van der Waals surface area contributed by atoms with E-state index in [-0.39, 0.29) is 6.10 Å². The van der Waals surface area contributed by atoms with E-state index < -0.39 is 0 Å². The van der Waals surface area contributed by atoms with Crippen LogP contribution in [-0.2, 0) is 11.3 Å². The monoisotopic (exact) mass is 249 g/mol. The van der Waals surface area contributed by atoms with E-state index in [1.165, 1.54) is 0 Å². The lowest BCUT2D eigenvalue weighted by Crippen LogP contribution is -2.49. The minimum Gasteiger partial charge on any atom is -0.375 e. The second kappa shape index (κ2) is 5.67. The van der Waals surface area contributed by atoms with Gasteiger partial charge in [-0.25, -0.2) is 4.98 Å². The second-order valence-corrected chi connectivity index (χ2v) is 4.98. The highest BCUT2D eigenvalue weighted by Crippen LogP contribution is 2.22. The maximum atomic E-state index is 5.72. The first-order valence-corrected chi connectivity index (χ1v) is 6.70. The Hall–Kier alpha value is -1.13. The average molecular weight is 249 g/mol. The summed E-state index contributed by atoms with van der Waals surface area (Å²) in [7, 11) is 0. The zero-order chi connectivity index (χ0) is 13.1. The van der Waals surface area contributed by atoms with Gasteiger partial charge in [-0.15, -0.1) is 0 Å². The molecule has 0 radical (unpaired) electrons. The summed E-state index contributed by atoms with van der Waals surface area (Å²) >= 11 is 0. The first-order valence-electron chi connectivity index (χ1n) is 6.70. The number of anilines is 1. The van der Waals surface area contributed by atoms with Crippen LogP contribution in [-0.4, -0.2) is 30.3 Å². The Morgan fingerprint density at radius 3 is 2.89 bits per heavy atom. The third-order valence-electron chi connectivity index (χ3n) is 3.63. The van der Waals surface area contributed by atoms with Crippen LogP contribution < -0.4 is 10.6 Å². The molecule has 0 saturated carbocycles. The van der Waals surface area contributed by atoms with Crippen molar-refractivity contribution < 1.29 is 4.74 Å². The summed E-state index contributed by atoms with van der Waals surface area (Å²) in [5.41, 5.74) is 7.83. The molecule has 1 aromatic rings. The van der Waals surface area contributed by atoms with Gasteiger partial charge in [0.2, 0.25) is 0 Å². The largest absolute Gasteiger partial charge is 0.375 e. The van der Waals surface area contributed by atoms with E-state index in [1.807, 2.05) is 6.92 Å². The van der Waals surface area contributed by atoms with Crippen molar-refractivity contribution in [2.45, 2.75) is 45.9 Å². The van der Waals surface area contributed by atoms with E-state index in [4.69, 9.17) is 15.5 Å². The summed E-state index contributed by atoms with van der Waals surface area (Å²) in [6.45, 7) is 8.58. The van der Waals surface area contributed by atoms with E-state index in [1.54, 1.807) is 0 Å². The van der Waals surface area contributed by atoms with Gasteiger partial charge in [-0.3, -0.25) is 0 Å². The lowest BCUT2D eigenvalue weighted by atomic mass is 10.1. The van der Waals surface area contributed by atoms with Crippen LogP contribution >= 0.6 is 0 Å². The van der Waals surface area contributed by atoms with Crippen LogP contribution in [0.3, 0.4) is 0 Å². The highest BCUT2D eigenvalue weighted by atomic mass is 16.5. The van der Waals surface area contributed by atoms with Crippen LogP contribution in [0.1, 0.15) is 31.5 Å². The molecule has 0 bridgehead atoms. The van der Waals surface area contributed by atoms with E-state index in [9.17, 15) is 0 Å². The molecule has 1 saturated heterocycles. The minimum absolute atomic E-state index is 0.268. The molecule has 0 aliphatic carbocycles. The molecule has 0 aromatic carbocycles. The third-order valence-corrected chi connectivity index (χ3v) is 3.63. The number of rotatable bonds is 3. The van der Waals surface area contributed by atoms with Crippen molar-refractivity contribution in [3.63, 3.8) is 0 Å². The van der Waals surface area contributed by atoms with Gasteiger partial charge < -0.3 is 15.4 Å². The summed E-state index contributed by atoms with van der Waals surface area (Å²) in [6, 6.07) is 4.59. The molecule has 1 fully saturated rings. The van der Waals surface area contributed by atoms with Crippen LogP contribution in [0.5, 0.6) is 0 Å². The van der Waals surface area contributed by atoms with E-state index in [2.05, 4.69) is 30.9 Å². The van der Waals surface area contributed by atoms with Gasteiger partial charge >= 0.3 is 0 Å². The van der Waals surface area contributed by atoms with Gasteiger partial charge in [0.15, 0.2) is 0 Å². The molecule has 1 aromatic heterocycles. The number of hydrogen-bond acceptors (Lipinski definition) is 4. The molecule has 2 rings (SSSR count). The highest BCUT2D eigenvalue weighted by Gasteiger charge is 2.26. The number of ether oxygens (including phenoxy) is 1. The average Bonchev–Trinajstić information content (AvgIpc) is 2.38. The van der Waals surface area contributed by atoms with Crippen LogP contribution in [0.2, 0.25) is 0 Å². The summed E-state index contributed by atoms with van der Waals surface area (Å²) in [6.07, 6.45) is 1.34. The summed E-state index contributed by atoms with van der Waals surface area (Å²) < 4.78 is 5.72. The van der Waals surface area contributed by atoms with Gasteiger partial charge in [-0.1, -0.05) is 13.0 Å². The van der Waals surface area contributed by atoms with E-state index in [0.29, 0.717) is 12.6 Å². The summed E-state index contributed by atoms with van der Waals surface area (Å²) in [4.78, 5) is 7.05. The van der Waals surface area contributed by atoms with Crippen molar-refractivity contribution >= 4 is 5.82 Å². The van der Waals surface area contributed by atoms with Gasteiger partial charge in [-0.2, -0.15) is 0 Å². The quantitative estimate of drug-likeness (QED) is 0.888. The Balaban J connectivity index is 2.25. The van der Waals surface area contributed by atoms with Crippen LogP contribution in [0.25, 0.3) is 0 Å². The highest BCUT2D eigenvalue weighted by molar-refractivity contribution is 5.43. The first kappa shape index (κ1) is 13.3. The molecule has 1 aliphatic rings. The van der Waals surface area contributed by atoms with Gasteiger partial charge in [0.1, 0.15) is 5.82 Å².